The fourth-order valence-electron chi connectivity index (χ4n) is 2.55. The Morgan fingerprint density at radius 1 is 1.04 bits per heavy atom. The van der Waals surface area contributed by atoms with Crippen LogP contribution in [0, 0.1) is 11.6 Å². The predicted molar refractivity (Wildman–Crippen MR) is 96.2 cm³/mol. The lowest BCUT2D eigenvalue weighted by molar-refractivity contribution is 0.0945. The lowest BCUT2D eigenvalue weighted by Crippen LogP contribution is -2.26. The van der Waals surface area contributed by atoms with Crippen molar-refractivity contribution in [2.75, 3.05) is 6.54 Å². The van der Waals surface area contributed by atoms with Crippen LogP contribution < -0.4 is 5.32 Å². The van der Waals surface area contributed by atoms with Crippen LogP contribution in [-0.4, -0.2) is 22.2 Å². The van der Waals surface area contributed by atoms with Gasteiger partial charge in [0.2, 0.25) is 0 Å². The Morgan fingerprint density at radius 3 is 2.27 bits per heavy atom. The molecule has 0 bridgehead atoms. The van der Waals surface area contributed by atoms with E-state index in [-0.39, 0.29) is 17.5 Å². The maximum atomic E-state index is 13.2. The van der Waals surface area contributed by atoms with Gasteiger partial charge in [-0.25, -0.2) is 13.5 Å². The molecule has 0 aliphatic heterocycles. The van der Waals surface area contributed by atoms with Crippen molar-refractivity contribution in [1.82, 2.24) is 15.1 Å². The molecule has 0 aliphatic carbocycles. The lowest BCUT2D eigenvalue weighted by Gasteiger charge is -2.08. The van der Waals surface area contributed by atoms with Crippen LogP contribution >= 0.6 is 0 Å². The average molecular weight is 355 g/mol. The zero-order valence-corrected chi connectivity index (χ0v) is 14.4. The van der Waals surface area contributed by atoms with Crippen LogP contribution in [0.2, 0.25) is 0 Å². The number of amides is 1. The highest BCUT2D eigenvalue weighted by atomic mass is 19.1. The van der Waals surface area contributed by atoms with Crippen LogP contribution in [0.1, 0.15) is 30.3 Å². The molecule has 0 spiro atoms. The van der Waals surface area contributed by atoms with Crippen LogP contribution in [0.15, 0.2) is 54.6 Å². The maximum Gasteiger partial charge on any atom is 0.270 e. The summed E-state index contributed by atoms with van der Waals surface area (Å²) in [7, 11) is 0. The minimum atomic E-state index is -0.367. The quantitative estimate of drug-likeness (QED) is 0.668. The Hall–Kier alpha value is -3.02. The molecule has 26 heavy (non-hydrogen) atoms. The highest BCUT2D eigenvalue weighted by Gasteiger charge is 2.17. The molecular weight excluding hydrogens is 336 g/mol. The van der Waals surface area contributed by atoms with Crippen molar-refractivity contribution in [2.24, 2.45) is 0 Å². The van der Waals surface area contributed by atoms with Gasteiger partial charge in [0.25, 0.3) is 5.91 Å². The molecule has 0 saturated carbocycles. The first-order valence-corrected chi connectivity index (χ1v) is 8.48. The molecule has 1 aromatic heterocycles. The molecule has 1 heterocycles. The number of carbonyl (C=O) groups is 1. The second kappa shape index (κ2) is 7.91. The summed E-state index contributed by atoms with van der Waals surface area (Å²) < 4.78 is 27.9. The van der Waals surface area contributed by atoms with Gasteiger partial charge in [0.1, 0.15) is 17.3 Å². The average Bonchev–Trinajstić information content (AvgIpc) is 3.08. The minimum absolute atomic E-state index is 0.261. The van der Waals surface area contributed by atoms with Gasteiger partial charge in [-0.15, -0.1) is 0 Å². The van der Waals surface area contributed by atoms with E-state index >= 15 is 0 Å². The highest BCUT2D eigenvalue weighted by Crippen LogP contribution is 2.22. The minimum Gasteiger partial charge on any atom is -0.351 e. The molecule has 2 aromatic carbocycles. The summed E-state index contributed by atoms with van der Waals surface area (Å²) in [6, 6.07) is 13.3. The Labute approximate surface area is 150 Å². The van der Waals surface area contributed by atoms with Crippen molar-refractivity contribution in [3.8, 4) is 16.9 Å². The van der Waals surface area contributed by atoms with Crippen LogP contribution in [0.3, 0.4) is 0 Å². The molecular formula is C20H19F2N3O. The number of carbonyl (C=O) groups excluding carboxylic acids is 1. The lowest BCUT2D eigenvalue weighted by atomic mass is 10.1. The third-order valence-corrected chi connectivity index (χ3v) is 3.97. The number of rotatable bonds is 6. The van der Waals surface area contributed by atoms with E-state index < -0.39 is 0 Å². The molecule has 0 atom stereocenters. The standard InChI is InChI=1S/C20H19F2N3O/c1-2-3-12-23-20(26)19-13-18(14-4-6-15(21)7-5-14)24-25(19)17-10-8-16(22)9-11-17/h4-11,13H,2-3,12H2,1H3,(H,23,26). The van der Waals surface area contributed by atoms with Gasteiger partial charge in [-0.05, 0) is 61.0 Å². The Kier molecular flexibility index (Phi) is 5.41. The molecule has 0 saturated heterocycles. The number of benzene rings is 2. The summed E-state index contributed by atoms with van der Waals surface area (Å²) in [6.45, 7) is 2.61. The largest absolute Gasteiger partial charge is 0.351 e. The fourth-order valence-corrected chi connectivity index (χ4v) is 2.55. The van der Waals surface area contributed by atoms with Crippen molar-refractivity contribution in [2.45, 2.75) is 19.8 Å². The molecule has 4 nitrogen and oxygen atoms in total. The molecule has 0 aliphatic rings. The Morgan fingerprint density at radius 2 is 1.65 bits per heavy atom. The van der Waals surface area contributed by atoms with Crippen molar-refractivity contribution in [3.63, 3.8) is 0 Å². The summed E-state index contributed by atoms with van der Waals surface area (Å²) in [6.07, 6.45) is 1.85. The van der Waals surface area contributed by atoms with E-state index in [9.17, 15) is 13.6 Å². The summed E-state index contributed by atoms with van der Waals surface area (Å²) in [5.41, 5.74) is 2.14. The topological polar surface area (TPSA) is 46.9 Å². The van der Waals surface area contributed by atoms with E-state index in [1.807, 2.05) is 6.92 Å². The normalized spacial score (nSPS) is 10.7. The number of hydrogen-bond acceptors (Lipinski definition) is 2. The Bertz CT molecular complexity index is 886. The summed E-state index contributed by atoms with van der Waals surface area (Å²) >= 11 is 0. The van der Waals surface area contributed by atoms with Gasteiger partial charge >= 0.3 is 0 Å². The summed E-state index contributed by atoms with van der Waals surface area (Å²) in [5.74, 6) is -0.971. The van der Waals surface area contributed by atoms with Gasteiger partial charge in [-0.2, -0.15) is 5.10 Å². The summed E-state index contributed by atoms with van der Waals surface area (Å²) in [4.78, 5) is 12.6. The van der Waals surface area contributed by atoms with E-state index in [1.165, 1.54) is 28.9 Å². The SMILES string of the molecule is CCCCNC(=O)c1cc(-c2ccc(F)cc2)nn1-c1ccc(F)cc1. The molecule has 0 unspecified atom stereocenters. The summed E-state index contributed by atoms with van der Waals surface area (Å²) in [5, 5.41) is 7.33. The van der Waals surface area contributed by atoms with Crippen molar-refractivity contribution < 1.29 is 13.6 Å². The van der Waals surface area contributed by atoms with Gasteiger partial charge in [-0.1, -0.05) is 13.3 Å². The fraction of sp³-hybridized carbons (Fsp3) is 0.200. The Balaban J connectivity index is 2.00. The number of halogens is 2. The van der Waals surface area contributed by atoms with E-state index in [0.29, 0.717) is 29.2 Å². The third kappa shape index (κ3) is 3.96. The predicted octanol–water partition coefficient (Wildman–Crippen LogP) is 4.35. The van der Waals surface area contributed by atoms with E-state index in [4.69, 9.17) is 0 Å². The monoisotopic (exact) mass is 355 g/mol. The number of aromatic nitrogens is 2. The van der Waals surface area contributed by atoms with E-state index in [1.54, 1.807) is 30.3 Å². The number of nitrogens with one attached hydrogen (secondary N) is 1. The van der Waals surface area contributed by atoms with Crippen LogP contribution in [-0.2, 0) is 0 Å². The first-order chi connectivity index (χ1) is 12.6. The first-order valence-electron chi connectivity index (χ1n) is 8.48. The highest BCUT2D eigenvalue weighted by molar-refractivity contribution is 5.94. The third-order valence-electron chi connectivity index (χ3n) is 3.97. The van der Waals surface area contributed by atoms with Crippen LogP contribution in [0.25, 0.3) is 16.9 Å². The molecule has 0 radical (unpaired) electrons. The van der Waals surface area contributed by atoms with Gasteiger partial charge in [0.15, 0.2) is 0 Å². The number of nitrogens with zero attached hydrogens (tertiary/aromatic N) is 2. The van der Waals surface area contributed by atoms with Crippen molar-refractivity contribution in [1.29, 1.82) is 0 Å². The van der Waals surface area contributed by atoms with Crippen molar-refractivity contribution in [3.05, 3.63) is 71.9 Å². The zero-order chi connectivity index (χ0) is 18.5. The van der Waals surface area contributed by atoms with Gasteiger partial charge < -0.3 is 5.32 Å². The molecule has 1 amide bonds. The molecule has 0 fully saturated rings. The zero-order valence-electron chi connectivity index (χ0n) is 14.4. The maximum absolute atomic E-state index is 13.2. The second-order valence-corrected chi connectivity index (χ2v) is 5.92. The van der Waals surface area contributed by atoms with E-state index in [0.717, 1.165) is 12.8 Å². The van der Waals surface area contributed by atoms with Gasteiger partial charge in [0.05, 0.1) is 11.4 Å². The number of hydrogen-bond donors (Lipinski definition) is 1. The first kappa shape index (κ1) is 17.8. The molecule has 3 aromatic rings. The molecule has 6 heteroatoms. The molecule has 134 valence electrons. The van der Waals surface area contributed by atoms with E-state index in [2.05, 4.69) is 10.4 Å². The van der Waals surface area contributed by atoms with Gasteiger partial charge in [0, 0.05) is 12.1 Å². The van der Waals surface area contributed by atoms with Crippen LogP contribution in [0.5, 0.6) is 0 Å². The molecule has 1 N–H and O–H groups in total. The van der Waals surface area contributed by atoms with Gasteiger partial charge in [-0.3, -0.25) is 4.79 Å². The van der Waals surface area contributed by atoms with Crippen LogP contribution in [0.4, 0.5) is 8.78 Å². The molecule has 3 rings (SSSR count). The number of unbranched alkanes of at least 4 members (excludes halogenated alkanes) is 1. The smallest absolute Gasteiger partial charge is 0.270 e. The second-order valence-electron chi connectivity index (χ2n) is 5.92. The van der Waals surface area contributed by atoms with Crippen molar-refractivity contribution >= 4 is 5.91 Å².